The summed E-state index contributed by atoms with van der Waals surface area (Å²) in [7, 11) is 0. The molecule has 2 aliphatic heterocycles. The number of carbonyl (C=O) groups excluding carboxylic acids is 3. The second kappa shape index (κ2) is 9.20. The molecule has 1 amide bonds. The number of ketones is 1. The molecule has 0 unspecified atom stereocenters. The van der Waals surface area contributed by atoms with Gasteiger partial charge in [-0.15, -0.1) is 0 Å². The van der Waals surface area contributed by atoms with Crippen LogP contribution in [0.1, 0.15) is 46.0 Å². The molecule has 0 bridgehead atoms. The van der Waals surface area contributed by atoms with Gasteiger partial charge in [-0.3, -0.25) is 9.59 Å². The number of esters is 1. The highest BCUT2D eigenvalue weighted by atomic mass is 16.6. The van der Waals surface area contributed by atoms with E-state index in [0.29, 0.717) is 49.3 Å². The lowest BCUT2D eigenvalue weighted by Crippen LogP contribution is -2.41. The van der Waals surface area contributed by atoms with Gasteiger partial charge in [0.05, 0.1) is 5.56 Å². The van der Waals surface area contributed by atoms with E-state index in [1.54, 1.807) is 41.3 Å². The highest BCUT2D eigenvalue weighted by Crippen LogP contribution is 2.31. The Hall–Kier alpha value is -3.35. The van der Waals surface area contributed by atoms with Crippen molar-refractivity contribution in [3.05, 3.63) is 59.2 Å². The number of piperidine rings is 1. The van der Waals surface area contributed by atoms with E-state index in [4.69, 9.17) is 14.2 Å². The van der Waals surface area contributed by atoms with Crippen LogP contribution in [0.4, 0.5) is 0 Å². The first-order valence-electron chi connectivity index (χ1n) is 10.5. The minimum absolute atomic E-state index is 0.127. The summed E-state index contributed by atoms with van der Waals surface area (Å²) in [5, 5.41) is 0. The Labute approximate surface area is 180 Å². The van der Waals surface area contributed by atoms with Crippen LogP contribution >= 0.6 is 0 Å². The lowest BCUT2D eigenvalue weighted by atomic mass is 9.98. The number of hydrogen-bond donors (Lipinski definition) is 0. The zero-order valence-electron chi connectivity index (χ0n) is 17.5. The molecule has 0 saturated carbocycles. The maximum atomic E-state index is 13.1. The van der Waals surface area contributed by atoms with Crippen LogP contribution < -0.4 is 9.47 Å². The summed E-state index contributed by atoms with van der Waals surface area (Å²) in [6.07, 6.45) is 2.05. The summed E-state index contributed by atoms with van der Waals surface area (Å²) in [6.45, 7) is 4.00. The quantitative estimate of drug-likeness (QED) is 0.543. The number of ether oxygens (including phenoxy) is 3. The predicted molar refractivity (Wildman–Crippen MR) is 113 cm³/mol. The smallest absolute Gasteiger partial charge is 0.339 e. The largest absolute Gasteiger partial charge is 0.486 e. The lowest BCUT2D eigenvalue weighted by molar-refractivity contribution is -0.136. The van der Waals surface area contributed by atoms with Crippen LogP contribution in [0.25, 0.3) is 0 Å². The van der Waals surface area contributed by atoms with Crippen molar-refractivity contribution < 1.29 is 28.6 Å². The molecule has 0 radical (unpaired) electrons. The molecule has 0 spiro atoms. The van der Waals surface area contributed by atoms with Crippen molar-refractivity contribution in [2.75, 3.05) is 32.9 Å². The van der Waals surface area contributed by atoms with Crippen LogP contribution in [0.2, 0.25) is 0 Å². The minimum atomic E-state index is -0.695. The van der Waals surface area contributed by atoms with E-state index in [9.17, 15) is 14.4 Å². The van der Waals surface area contributed by atoms with E-state index >= 15 is 0 Å². The average molecular weight is 423 g/mol. The number of fused-ring (bicyclic) bond motifs is 1. The first kappa shape index (κ1) is 20.9. The SMILES string of the molecule is C[C@@H]1CCCN(C(=O)COC(=O)c2ccccc2C(=O)c2ccc3c(c2)OCCO3)C1. The van der Waals surface area contributed by atoms with Gasteiger partial charge in [-0.2, -0.15) is 0 Å². The molecule has 0 aliphatic carbocycles. The first-order valence-corrected chi connectivity index (χ1v) is 10.5. The van der Waals surface area contributed by atoms with Crippen LogP contribution in [-0.2, 0) is 9.53 Å². The highest BCUT2D eigenvalue weighted by Gasteiger charge is 2.24. The fourth-order valence-electron chi connectivity index (χ4n) is 3.91. The fraction of sp³-hybridized carbons (Fsp3) is 0.375. The van der Waals surface area contributed by atoms with Crippen molar-refractivity contribution >= 4 is 17.7 Å². The number of carbonyl (C=O) groups is 3. The molecule has 1 atom stereocenters. The molecule has 7 heteroatoms. The Morgan fingerprint density at radius 2 is 1.77 bits per heavy atom. The number of likely N-dealkylation sites (tertiary alicyclic amines) is 1. The minimum Gasteiger partial charge on any atom is -0.486 e. The molecular formula is C24H25NO6. The monoisotopic (exact) mass is 423 g/mol. The molecule has 2 aromatic rings. The standard InChI is InChI=1S/C24H25NO6/c1-16-5-4-10-25(14-16)22(26)15-31-24(28)19-7-3-2-6-18(19)23(27)17-8-9-20-21(13-17)30-12-11-29-20/h2-3,6-9,13,16H,4-5,10-12,14-15H2,1H3/t16-/m1/s1. The van der Waals surface area contributed by atoms with Crippen LogP contribution in [0.3, 0.4) is 0 Å². The van der Waals surface area contributed by atoms with Gasteiger partial charge in [0.1, 0.15) is 13.2 Å². The van der Waals surface area contributed by atoms with Gasteiger partial charge in [-0.25, -0.2) is 4.79 Å². The Morgan fingerprint density at radius 1 is 1.03 bits per heavy atom. The summed E-state index contributed by atoms with van der Waals surface area (Å²) in [5.74, 6) is 0.286. The summed E-state index contributed by atoms with van der Waals surface area (Å²) in [4.78, 5) is 39.9. The Kier molecular flexibility index (Phi) is 6.21. The van der Waals surface area contributed by atoms with Crippen LogP contribution in [0.5, 0.6) is 11.5 Å². The zero-order chi connectivity index (χ0) is 21.8. The maximum absolute atomic E-state index is 13.1. The lowest BCUT2D eigenvalue weighted by Gasteiger charge is -2.30. The summed E-state index contributed by atoms with van der Waals surface area (Å²) in [5.41, 5.74) is 0.716. The van der Waals surface area contributed by atoms with Crippen molar-refractivity contribution in [1.82, 2.24) is 4.90 Å². The van der Waals surface area contributed by atoms with Crippen molar-refractivity contribution in [2.24, 2.45) is 5.92 Å². The first-order chi connectivity index (χ1) is 15.0. The molecule has 7 nitrogen and oxygen atoms in total. The molecule has 1 saturated heterocycles. The van der Waals surface area contributed by atoms with Gasteiger partial charge < -0.3 is 19.1 Å². The number of benzene rings is 2. The van der Waals surface area contributed by atoms with E-state index in [2.05, 4.69) is 6.92 Å². The number of rotatable bonds is 5. The highest BCUT2D eigenvalue weighted by molar-refractivity contribution is 6.14. The second-order valence-electron chi connectivity index (χ2n) is 7.90. The number of nitrogens with zero attached hydrogens (tertiary/aromatic N) is 1. The second-order valence-corrected chi connectivity index (χ2v) is 7.90. The molecule has 0 N–H and O–H groups in total. The van der Waals surface area contributed by atoms with Gasteiger partial charge in [0.15, 0.2) is 23.9 Å². The molecule has 31 heavy (non-hydrogen) atoms. The van der Waals surface area contributed by atoms with E-state index in [1.807, 2.05) is 0 Å². The van der Waals surface area contributed by atoms with Gasteiger partial charge in [0.2, 0.25) is 0 Å². The van der Waals surface area contributed by atoms with Crippen molar-refractivity contribution in [2.45, 2.75) is 19.8 Å². The Bertz CT molecular complexity index is 1000. The van der Waals surface area contributed by atoms with Gasteiger partial charge in [0.25, 0.3) is 5.91 Å². The van der Waals surface area contributed by atoms with Crippen LogP contribution in [0, 0.1) is 5.92 Å². The third-order valence-corrected chi connectivity index (χ3v) is 5.53. The Morgan fingerprint density at radius 3 is 2.55 bits per heavy atom. The third-order valence-electron chi connectivity index (χ3n) is 5.53. The van der Waals surface area contributed by atoms with Crippen LogP contribution in [-0.4, -0.2) is 55.5 Å². The third kappa shape index (κ3) is 4.71. The summed E-state index contributed by atoms with van der Waals surface area (Å²) >= 11 is 0. The predicted octanol–water partition coefficient (Wildman–Crippen LogP) is 3.10. The fourth-order valence-corrected chi connectivity index (χ4v) is 3.91. The van der Waals surface area contributed by atoms with Gasteiger partial charge in [-0.05, 0) is 43.0 Å². The van der Waals surface area contributed by atoms with E-state index in [1.165, 1.54) is 6.07 Å². The summed E-state index contributed by atoms with van der Waals surface area (Å²) in [6, 6.07) is 11.4. The van der Waals surface area contributed by atoms with Crippen molar-refractivity contribution in [3.8, 4) is 11.5 Å². The molecule has 2 aromatic carbocycles. The molecule has 1 fully saturated rings. The Balaban J connectivity index is 1.47. The maximum Gasteiger partial charge on any atom is 0.339 e. The van der Waals surface area contributed by atoms with Crippen LogP contribution in [0.15, 0.2) is 42.5 Å². The van der Waals surface area contributed by atoms with Gasteiger partial charge in [0, 0.05) is 24.2 Å². The number of amides is 1. The zero-order valence-corrected chi connectivity index (χ0v) is 17.5. The molecule has 162 valence electrons. The van der Waals surface area contributed by atoms with Crippen molar-refractivity contribution in [1.29, 1.82) is 0 Å². The molecule has 4 rings (SSSR count). The summed E-state index contributed by atoms with van der Waals surface area (Å²) < 4.78 is 16.3. The van der Waals surface area contributed by atoms with E-state index in [0.717, 1.165) is 12.8 Å². The number of hydrogen-bond acceptors (Lipinski definition) is 6. The normalized spacial score (nSPS) is 17.7. The van der Waals surface area contributed by atoms with Gasteiger partial charge >= 0.3 is 5.97 Å². The molecule has 2 aliphatic rings. The van der Waals surface area contributed by atoms with Crippen molar-refractivity contribution in [3.63, 3.8) is 0 Å². The van der Waals surface area contributed by atoms with E-state index < -0.39 is 5.97 Å². The van der Waals surface area contributed by atoms with Gasteiger partial charge in [-0.1, -0.05) is 25.1 Å². The topological polar surface area (TPSA) is 82.1 Å². The molecular weight excluding hydrogens is 398 g/mol. The van der Waals surface area contributed by atoms with E-state index in [-0.39, 0.29) is 29.4 Å². The average Bonchev–Trinajstić information content (AvgIpc) is 2.81. The molecule has 2 heterocycles. The molecule has 0 aromatic heterocycles.